The molecule has 2 aromatic heterocycles. The van der Waals surface area contributed by atoms with Gasteiger partial charge < -0.3 is 9.47 Å². The minimum absolute atomic E-state index is 0. The monoisotopic (exact) mass is 351 g/mol. The van der Waals surface area contributed by atoms with Gasteiger partial charge in [-0.2, -0.15) is 5.10 Å². The highest BCUT2D eigenvalue weighted by molar-refractivity contribution is 5.85. The van der Waals surface area contributed by atoms with Gasteiger partial charge >= 0.3 is 0 Å². The lowest BCUT2D eigenvalue weighted by molar-refractivity contribution is 0.237. The van der Waals surface area contributed by atoms with Crippen molar-refractivity contribution in [3.05, 3.63) is 23.9 Å². The summed E-state index contributed by atoms with van der Waals surface area (Å²) in [5.74, 6) is 0. The molecule has 1 fully saturated rings. The van der Waals surface area contributed by atoms with Crippen LogP contribution in [0, 0.1) is 13.8 Å². The molecule has 0 radical (unpaired) electrons. The molecular weight excluding hydrogens is 322 g/mol. The minimum Gasteiger partial charge on any atom is -0.329 e. The molecule has 0 amide bonds. The van der Waals surface area contributed by atoms with Crippen molar-refractivity contribution < 1.29 is 0 Å². The van der Waals surface area contributed by atoms with Crippen LogP contribution < -0.4 is 0 Å². The van der Waals surface area contributed by atoms with Gasteiger partial charge in [0, 0.05) is 36.9 Å². The Balaban J connectivity index is 0.00000208. The zero-order chi connectivity index (χ0) is 16.4. The van der Waals surface area contributed by atoms with Crippen molar-refractivity contribution in [3.8, 4) is 11.3 Å². The summed E-state index contributed by atoms with van der Waals surface area (Å²) in [7, 11) is 2.26. The van der Waals surface area contributed by atoms with Crippen LogP contribution in [-0.2, 0) is 13.1 Å². The first-order chi connectivity index (χ1) is 11.1. The smallest absolute Gasteiger partial charge is 0.0951 e. The molecule has 2 heterocycles. The van der Waals surface area contributed by atoms with Crippen LogP contribution in [0.1, 0.15) is 44.0 Å². The van der Waals surface area contributed by atoms with E-state index in [1.807, 2.05) is 12.5 Å². The van der Waals surface area contributed by atoms with E-state index in [1.54, 1.807) is 0 Å². The van der Waals surface area contributed by atoms with Crippen LogP contribution in [0.4, 0.5) is 0 Å². The highest BCUT2D eigenvalue weighted by Crippen LogP contribution is 2.27. The largest absolute Gasteiger partial charge is 0.329 e. The SMILES string of the molecule is CCn1nc(C)c(-c2cncn2CCN(C)C2CCCC2)c1C.Cl. The number of rotatable bonds is 6. The predicted octanol–water partition coefficient (Wildman–Crippen LogP) is 3.68. The summed E-state index contributed by atoms with van der Waals surface area (Å²) in [5.41, 5.74) is 4.76. The fraction of sp³-hybridized carbons (Fsp3) is 0.667. The van der Waals surface area contributed by atoms with Crippen molar-refractivity contribution in [1.82, 2.24) is 24.2 Å². The minimum atomic E-state index is 0. The Labute approximate surface area is 151 Å². The van der Waals surface area contributed by atoms with Gasteiger partial charge in [-0.25, -0.2) is 4.98 Å². The Morgan fingerprint density at radius 3 is 2.58 bits per heavy atom. The van der Waals surface area contributed by atoms with Gasteiger partial charge in [0.25, 0.3) is 0 Å². The molecular formula is C18H30ClN5. The van der Waals surface area contributed by atoms with E-state index in [0.29, 0.717) is 0 Å². The van der Waals surface area contributed by atoms with E-state index in [-0.39, 0.29) is 12.4 Å². The Morgan fingerprint density at radius 2 is 1.96 bits per heavy atom. The molecule has 6 heteroatoms. The third-order valence-electron chi connectivity index (χ3n) is 5.29. The fourth-order valence-corrected chi connectivity index (χ4v) is 3.88. The number of imidazole rings is 1. The second kappa shape index (κ2) is 8.17. The Kier molecular flexibility index (Phi) is 6.47. The van der Waals surface area contributed by atoms with Gasteiger partial charge in [0.05, 0.1) is 23.9 Å². The van der Waals surface area contributed by atoms with E-state index in [1.165, 1.54) is 42.6 Å². The van der Waals surface area contributed by atoms with Crippen molar-refractivity contribution in [2.24, 2.45) is 0 Å². The second-order valence-corrected chi connectivity index (χ2v) is 6.75. The Bertz CT molecular complexity index is 654. The lowest BCUT2D eigenvalue weighted by Crippen LogP contribution is -2.32. The number of nitrogens with zero attached hydrogens (tertiary/aromatic N) is 5. The van der Waals surface area contributed by atoms with E-state index in [9.17, 15) is 0 Å². The molecule has 0 atom stereocenters. The van der Waals surface area contributed by atoms with Crippen molar-refractivity contribution in [2.75, 3.05) is 13.6 Å². The number of likely N-dealkylation sites (N-methyl/N-ethyl adjacent to an activating group) is 1. The van der Waals surface area contributed by atoms with E-state index < -0.39 is 0 Å². The number of hydrogen-bond donors (Lipinski definition) is 0. The summed E-state index contributed by atoms with van der Waals surface area (Å²) in [6.07, 6.45) is 9.43. The van der Waals surface area contributed by atoms with Crippen LogP contribution in [0.15, 0.2) is 12.5 Å². The van der Waals surface area contributed by atoms with Crippen molar-refractivity contribution in [1.29, 1.82) is 0 Å². The molecule has 0 spiro atoms. The van der Waals surface area contributed by atoms with E-state index in [0.717, 1.165) is 31.4 Å². The standard InChI is InChI=1S/C18H29N5.ClH/c1-5-23-15(3)18(14(2)20-23)17-12-19-13-22(17)11-10-21(4)16-8-6-7-9-16;/h12-13,16H,5-11H2,1-4H3;1H. The molecule has 0 bridgehead atoms. The van der Waals surface area contributed by atoms with E-state index in [2.05, 4.69) is 52.1 Å². The topological polar surface area (TPSA) is 38.9 Å². The first-order valence-corrected chi connectivity index (χ1v) is 8.86. The first-order valence-electron chi connectivity index (χ1n) is 8.86. The van der Waals surface area contributed by atoms with Crippen molar-refractivity contribution in [2.45, 2.75) is 65.6 Å². The van der Waals surface area contributed by atoms with Crippen LogP contribution in [0.25, 0.3) is 11.3 Å². The number of hydrogen-bond acceptors (Lipinski definition) is 3. The summed E-state index contributed by atoms with van der Waals surface area (Å²) in [5, 5.41) is 4.65. The van der Waals surface area contributed by atoms with Crippen LogP contribution in [0.3, 0.4) is 0 Å². The van der Waals surface area contributed by atoms with E-state index >= 15 is 0 Å². The van der Waals surface area contributed by atoms with Crippen molar-refractivity contribution >= 4 is 12.4 Å². The van der Waals surface area contributed by atoms with Crippen molar-refractivity contribution in [3.63, 3.8) is 0 Å². The molecule has 3 rings (SSSR count). The molecule has 1 aliphatic carbocycles. The summed E-state index contributed by atoms with van der Waals surface area (Å²) in [6, 6.07) is 0.772. The molecule has 0 saturated heterocycles. The zero-order valence-corrected chi connectivity index (χ0v) is 16.1. The zero-order valence-electron chi connectivity index (χ0n) is 15.3. The first kappa shape index (κ1) is 19.0. The molecule has 1 saturated carbocycles. The molecule has 0 N–H and O–H groups in total. The van der Waals surface area contributed by atoms with Gasteiger partial charge in [-0.15, -0.1) is 12.4 Å². The highest BCUT2D eigenvalue weighted by Gasteiger charge is 2.20. The second-order valence-electron chi connectivity index (χ2n) is 6.75. The van der Waals surface area contributed by atoms with Crippen LogP contribution in [0.2, 0.25) is 0 Å². The molecule has 1 aliphatic rings. The molecule has 0 aliphatic heterocycles. The number of halogens is 1. The molecule has 0 aromatic carbocycles. The maximum absolute atomic E-state index is 4.65. The lowest BCUT2D eigenvalue weighted by Gasteiger charge is -2.24. The summed E-state index contributed by atoms with van der Waals surface area (Å²) in [4.78, 5) is 6.92. The maximum Gasteiger partial charge on any atom is 0.0951 e. The maximum atomic E-state index is 4.65. The summed E-state index contributed by atoms with van der Waals surface area (Å²) in [6.45, 7) is 9.35. The number of aryl methyl sites for hydroxylation is 2. The third kappa shape index (κ3) is 3.67. The third-order valence-corrected chi connectivity index (χ3v) is 5.29. The molecule has 5 nitrogen and oxygen atoms in total. The van der Waals surface area contributed by atoms with Gasteiger partial charge in [0.15, 0.2) is 0 Å². The summed E-state index contributed by atoms with van der Waals surface area (Å²) >= 11 is 0. The van der Waals surface area contributed by atoms with Gasteiger partial charge in [0.2, 0.25) is 0 Å². The average Bonchev–Trinajstić information content (AvgIpc) is 3.25. The average molecular weight is 352 g/mol. The fourth-order valence-electron chi connectivity index (χ4n) is 3.88. The summed E-state index contributed by atoms with van der Waals surface area (Å²) < 4.78 is 4.36. The van der Waals surface area contributed by atoms with Gasteiger partial charge in [0.1, 0.15) is 0 Å². The normalized spacial score (nSPS) is 15.2. The van der Waals surface area contributed by atoms with Crippen LogP contribution in [0.5, 0.6) is 0 Å². The molecule has 24 heavy (non-hydrogen) atoms. The quantitative estimate of drug-likeness (QED) is 0.796. The van der Waals surface area contributed by atoms with Gasteiger partial charge in [-0.1, -0.05) is 12.8 Å². The molecule has 0 unspecified atom stereocenters. The van der Waals surface area contributed by atoms with Crippen LogP contribution >= 0.6 is 12.4 Å². The lowest BCUT2D eigenvalue weighted by atomic mass is 10.1. The predicted molar refractivity (Wildman–Crippen MR) is 101 cm³/mol. The Hall–Kier alpha value is -1.33. The number of aromatic nitrogens is 4. The van der Waals surface area contributed by atoms with E-state index in [4.69, 9.17) is 0 Å². The highest BCUT2D eigenvalue weighted by atomic mass is 35.5. The van der Waals surface area contributed by atoms with Gasteiger partial charge in [-0.05, 0) is 40.7 Å². The molecule has 134 valence electrons. The van der Waals surface area contributed by atoms with Gasteiger partial charge in [-0.3, -0.25) is 4.68 Å². The molecule has 2 aromatic rings. The Morgan fingerprint density at radius 1 is 1.25 bits per heavy atom. The van der Waals surface area contributed by atoms with Crippen LogP contribution in [-0.4, -0.2) is 43.9 Å².